The van der Waals surface area contributed by atoms with E-state index >= 15 is 0 Å². The zero-order valence-corrected chi connectivity index (χ0v) is 19.7. The van der Waals surface area contributed by atoms with Gasteiger partial charge >= 0.3 is 0 Å². The average Bonchev–Trinajstić information content (AvgIpc) is 3.11. The summed E-state index contributed by atoms with van der Waals surface area (Å²) in [6.45, 7) is 8.55. The number of fused-ring (bicyclic) bond motifs is 1. The Morgan fingerprint density at radius 1 is 1.23 bits per heavy atom. The Morgan fingerprint density at radius 2 is 2.00 bits per heavy atom. The highest BCUT2D eigenvalue weighted by Crippen LogP contribution is 2.26. The molecule has 0 bridgehead atoms. The largest absolute Gasteiger partial charge is 0.495 e. The van der Waals surface area contributed by atoms with Gasteiger partial charge in [-0.15, -0.1) is 0 Å². The lowest BCUT2D eigenvalue weighted by molar-refractivity contribution is 0.0729. The Labute approximate surface area is 190 Å². The fourth-order valence-corrected chi connectivity index (χ4v) is 3.89. The number of carbonyl (C=O) groups is 1. The molecule has 0 aliphatic rings. The number of carbonyl (C=O) groups excluding carboxylic acids is 1. The predicted octanol–water partition coefficient (Wildman–Crippen LogP) is 6.19. The molecular formula is C25H32ClN3O2. The van der Waals surface area contributed by atoms with E-state index in [2.05, 4.69) is 31.4 Å². The molecule has 3 aromatic rings. The number of hydrogen-bond acceptors (Lipinski definition) is 3. The number of aromatic nitrogens is 2. The number of imidazole rings is 1. The summed E-state index contributed by atoms with van der Waals surface area (Å²) in [5.74, 6) is 1.94. The molecule has 2 aromatic carbocycles. The molecule has 1 heterocycles. The molecule has 3 rings (SSSR count). The summed E-state index contributed by atoms with van der Waals surface area (Å²) < 4.78 is 7.49. The highest BCUT2D eigenvalue weighted by Gasteiger charge is 2.21. The number of unbranched alkanes of at least 4 members (excludes halogenated alkanes) is 1. The van der Waals surface area contributed by atoms with Crippen LogP contribution in [0.15, 0.2) is 42.5 Å². The maximum absolute atomic E-state index is 13.4. The highest BCUT2D eigenvalue weighted by molar-refractivity contribution is 6.32. The fraction of sp³-hybridized carbons (Fsp3) is 0.440. The monoisotopic (exact) mass is 441 g/mol. The van der Waals surface area contributed by atoms with Crippen LogP contribution < -0.4 is 4.74 Å². The van der Waals surface area contributed by atoms with Gasteiger partial charge in [-0.05, 0) is 49.1 Å². The predicted molar refractivity (Wildman–Crippen MR) is 127 cm³/mol. The van der Waals surface area contributed by atoms with Crippen molar-refractivity contribution in [2.45, 2.75) is 53.1 Å². The number of methoxy groups -OCH3 is 1. The van der Waals surface area contributed by atoms with Crippen molar-refractivity contribution in [3.63, 3.8) is 0 Å². The van der Waals surface area contributed by atoms with Gasteiger partial charge in [-0.2, -0.15) is 0 Å². The van der Waals surface area contributed by atoms with Gasteiger partial charge in [-0.3, -0.25) is 4.79 Å². The van der Waals surface area contributed by atoms with E-state index in [1.54, 1.807) is 25.3 Å². The van der Waals surface area contributed by atoms with E-state index in [4.69, 9.17) is 21.3 Å². The first-order chi connectivity index (χ1) is 14.9. The van der Waals surface area contributed by atoms with Gasteiger partial charge in [-0.1, -0.05) is 50.9 Å². The van der Waals surface area contributed by atoms with Crippen molar-refractivity contribution in [2.75, 3.05) is 13.7 Å². The average molecular weight is 442 g/mol. The Balaban J connectivity index is 1.94. The van der Waals surface area contributed by atoms with Crippen molar-refractivity contribution in [3.05, 3.63) is 58.9 Å². The minimum atomic E-state index is -0.0423. The molecule has 1 aromatic heterocycles. The van der Waals surface area contributed by atoms with Crippen molar-refractivity contribution >= 4 is 28.5 Å². The van der Waals surface area contributed by atoms with Crippen LogP contribution in [0, 0.1) is 5.92 Å². The van der Waals surface area contributed by atoms with Crippen LogP contribution in [0.2, 0.25) is 5.02 Å². The SMILES string of the molecule is CCCCn1c(CN(CCC(C)C)C(=O)c2ccc(OC)c(Cl)c2)nc2ccccc21. The zero-order valence-electron chi connectivity index (χ0n) is 18.9. The van der Waals surface area contributed by atoms with E-state index in [1.165, 1.54) is 0 Å². The molecule has 5 nitrogen and oxygen atoms in total. The number of para-hydroxylation sites is 2. The summed E-state index contributed by atoms with van der Waals surface area (Å²) in [5, 5.41) is 0.437. The Morgan fingerprint density at radius 3 is 2.68 bits per heavy atom. The second-order valence-corrected chi connectivity index (χ2v) is 8.69. The lowest BCUT2D eigenvalue weighted by Crippen LogP contribution is -2.33. The second-order valence-electron chi connectivity index (χ2n) is 8.28. The minimum Gasteiger partial charge on any atom is -0.495 e. The van der Waals surface area contributed by atoms with E-state index in [0.717, 1.165) is 42.7 Å². The molecule has 0 unspecified atom stereocenters. The maximum Gasteiger partial charge on any atom is 0.254 e. The molecule has 0 N–H and O–H groups in total. The lowest BCUT2D eigenvalue weighted by atomic mass is 10.1. The van der Waals surface area contributed by atoms with Gasteiger partial charge in [-0.25, -0.2) is 4.98 Å². The van der Waals surface area contributed by atoms with Crippen molar-refractivity contribution in [1.82, 2.24) is 14.5 Å². The number of aryl methyl sites for hydroxylation is 1. The van der Waals surface area contributed by atoms with Crippen molar-refractivity contribution in [3.8, 4) is 5.75 Å². The normalized spacial score (nSPS) is 11.3. The number of amides is 1. The summed E-state index contributed by atoms with van der Waals surface area (Å²) in [4.78, 5) is 20.2. The van der Waals surface area contributed by atoms with Crippen LogP contribution in [0.4, 0.5) is 0 Å². The van der Waals surface area contributed by atoms with Crippen LogP contribution in [0.25, 0.3) is 11.0 Å². The molecule has 166 valence electrons. The number of ether oxygens (including phenoxy) is 1. The Bertz CT molecular complexity index is 1030. The van der Waals surface area contributed by atoms with Gasteiger partial charge < -0.3 is 14.2 Å². The first kappa shape index (κ1) is 23.1. The molecule has 31 heavy (non-hydrogen) atoms. The Kier molecular flexibility index (Phi) is 7.97. The third-order valence-electron chi connectivity index (χ3n) is 5.46. The van der Waals surface area contributed by atoms with Gasteiger partial charge in [0.15, 0.2) is 0 Å². The number of halogens is 1. The van der Waals surface area contributed by atoms with E-state index in [0.29, 0.717) is 35.3 Å². The molecule has 0 atom stereocenters. The van der Waals surface area contributed by atoms with Gasteiger partial charge in [0.2, 0.25) is 0 Å². The zero-order chi connectivity index (χ0) is 22.4. The maximum atomic E-state index is 13.4. The molecule has 0 fully saturated rings. The van der Waals surface area contributed by atoms with Crippen molar-refractivity contribution in [1.29, 1.82) is 0 Å². The van der Waals surface area contributed by atoms with Crippen LogP contribution in [0.3, 0.4) is 0 Å². The summed E-state index contributed by atoms with van der Waals surface area (Å²) in [6, 6.07) is 13.4. The Hall–Kier alpha value is -2.53. The third-order valence-corrected chi connectivity index (χ3v) is 5.76. The molecule has 0 radical (unpaired) electrons. The molecule has 0 aliphatic carbocycles. The quantitative estimate of drug-likeness (QED) is 0.377. The number of hydrogen-bond donors (Lipinski definition) is 0. The first-order valence-corrected chi connectivity index (χ1v) is 11.4. The van der Waals surface area contributed by atoms with E-state index in [9.17, 15) is 4.79 Å². The van der Waals surface area contributed by atoms with E-state index in [-0.39, 0.29) is 5.91 Å². The molecule has 0 saturated carbocycles. The topological polar surface area (TPSA) is 47.4 Å². The first-order valence-electron chi connectivity index (χ1n) is 11.0. The molecule has 0 spiro atoms. The molecule has 6 heteroatoms. The van der Waals surface area contributed by atoms with Crippen molar-refractivity contribution < 1.29 is 9.53 Å². The smallest absolute Gasteiger partial charge is 0.254 e. The van der Waals surface area contributed by atoms with E-state index in [1.807, 2.05) is 23.1 Å². The summed E-state index contributed by atoms with van der Waals surface area (Å²) in [5.41, 5.74) is 2.65. The van der Waals surface area contributed by atoms with Gasteiger partial charge in [0, 0.05) is 18.7 Å². The van der Waals surface area contributed by atoms with Crippen LogP contribution in [0.1, 0.15) is 56.2 Å². The highest BCUT2D eigenvalue weighted by atomic mass is 35.5. The molecule has 0 aliphatic heterocycles. The van der Waals surface area contributed by atoms with Crippen LogP contribution in [-0.4, -0.2) is 34.0 Å². The number of nitrogens with zero attached hydrogens (tertiary/aromatic N) is 3. The van der Waals surface area contributed by atoms with E-state index < -0.39 is 0 Å². The number of rotatable bonds is 10. The van der Waals surface area contributed by atoms with Crippen LogP contribution in [-0.2, 0) is 13.1 Å². The molecular weight excluding hydrogens is 410 g/mol. The summed E-state index contributed by atoms with van der Waals surface area (Å²) >= 11 is 6.29. The summed E-state index contributed by atoms with van der Waals surface area (Å²) in [7, 11) is 1.57. The van der Waals surface area contributed by atoms with Crippen LogP contribution >= 0.6 is 11.6 Å². The second kappa shape index (κ2) is 10.7. The van der Waals surface area contributed by atoms with Gasteiger partial charge in [0.25, 0.3) is 5.91 Å². The van der Waals surface area contributed by atoms with Gasteiger partial charge in [0.05, 0.1) is 29.7 Å². The summed E-state index contributed by atoms with van der Waals surface area (Å²) in [6.07, 6.45) is 3.10. The standard InChI is InChI=1S/C25H32ClN3O2/c1-5-6-14-29-22-10-8-7-9-21(22)27-24(29)17-28(15-13-18(2)3)25(30)19-11-12-23(31-4)20(26)16-19/h7-12,16,18H,5-6,13-15,17H2,1-4H3. The minimum absolute atomic E-state index is 0.0423. The van der Waals surface area contributed by atoms with Crippen LogP contribution in [0.5, 0.6) is 5.75 Å². The molecule has 1 amide bonds. The van der Waals surface area contributed by atoms with Crippen molar-refractivity contribution in [2.24, 2.45) is 5.92 Å². The van der Waals surface area contributed by atoms with Gasteiger partial charge in [0.1, 0.15) is 11.6 Å². The fourth-order valence-electron chi connectivity index (χ4n) is 3.63. The molecule has 0 saturated heterocycles. The lowest BCUT2D eigenvalue weighted by Gasteiger charge is -2.24. The third kappa shape index (κ3) is 5.59. The number of benzene rings is 2.